The van der Waals surface area contributed by atoms with Crippen LogP contribution in [0.3, 0.4) is 0 Å². The lowest BCUT2D eigenvalue weighted by Crippen LogP contribution is -2.18. The number of ether oxygens (including phenoxy) is 1. The lowest BCUT2D eigenvalue weighted by atomic mass is 10.0. The van der Waals surface area contributed by atoms with Crippen LogP contribution in [0.15, 0.2) is 12.1 Å². The largest absolute Gasteiger partial charge is 0.423 e. The van der Waals surface area contributed by atoms with E-state index < -0.39 is 53.1 Å². The van der Waals surface area contributed by atoms with Gasteiger partial charge in [-0.05, 0) is 12.1 Å². The number of halogens is 9. The van der Waals surface area contributed by atoms with Crippen molar-refractivity contribution in [1.82, 2.24) is 0 Å². The molecule has 1 aromatic rings. The van der Waals surface area contributed by atoms with Gasteiger partial charge >= 0.3 is 25.0 Å². The van der Waals surface area contributed by atoms with Gasteiger partial charge in [-0.15, -0.1) is 0 Å². The van der Waals surface area contributed by atoms with E-state index in [1.54, 1.807) is 0 Å². The molecule has 0 amide bonds. The highest BCUT2D eigenvalue weighted by Gasteiger charge is 2.45. The predicted octanol–water partition coefficient (Wildman–Crippen LogP) is 4.19. The molecule has 0 spiro atoms. The first-order valence-electron chi connectivity index (χ1n) is 4.72. The topological polar surface area (TPSA) is 26.3 Å². The molecule has 11 heteroatoms. The molecule has 0 saturated carbocycles. The van der Waals surface area contributed by atoms with Gasteiger partial charge in [-0.2, -0.15) is 39.5 Å². The van der Waals surface area contributed by atoms with Crippen molar-refractivity contribution in [3.8, 4) is 5.75 Å². The molecule has 0 aliphatic rings. The van der Waals surface area contributed by atoms with Crippen LogP contribution in [-0.4, -0.2) is 6.47 Å². The summed E-state index contributed by atoms with van der Waals surface area (Å²) in [6, 6.07) is -1.16. The Morgan fingerprint density at radius 3 is 1.38 bits per heavy atom. The molecular weight excluding hydrogens is 323 g/mol. The Labute approximate surface area is 110 Å². The van der Waals surface area contributed by atoms with Crippen LogP contribution < -0.4 is 4.74 Å². The molecule has 1 rings (SSSR count). The molecule has 1 radical (unpaired) electrons. The van der Waals surface area contributed by atoms with Gasteiger partial charge in [-0.25, -0.2) is 4.79 Å². The van der Waals surface area contributed by atoms with Crippen molar-refractivity contribution < 1.29 is 49.0 Å². The van der Waals surface area contributed by atoms with Crippen molar-refractivity contribution in [2.45, 2.75) is 18.5 Å². The van der Waals surface area contributed by atoms with Crippen LogP contribution >= 0.6 is 0 Å². The summed E-state index contributed by atoms with van der Waals surface area (Å²) >= 11 is 0. The number of carbonyl (C=O) groups excluding carboxylic acids is 1. The molecule has 0 saturated heterocycles. The van der Waals surface area contributed by atoms with Gasteiger partial charge in [0.25, 0.3) is 0 Å². The minimum Gasteiger partial charge on any atom is -0.417 e. The Hall–Kier alpha value is -1.94. The Bertz CT molecular complexity index is 504. The van der Waals surface area contributed by atoms with Crippen LogP contribution in [0.25, 0.3) is 0 Å². The van der Waals surface area contributed by atoms with E-state index in [0.29, 0.717) is 6.47 Å². The highest BCUT2D eigenvalue weighted by molar-refractivity contribution is 5.55. The minimum absolute atomic E-state index is 0.336. The van der Waals surface area contributed by atoms with Crippen LogP contribution in [0.2, 0.25) is 0 Å². The maximum atomic E-state index is 12.6. The zero-order chi connectivity index (χ0) is 16.6. The Morgan fingerprint density at radius 1 is 0.762 bits per heavy atom. The summed E-state index contributed by atoms with van der Waals surface area (Å²) in [5.74, 6) is -2.09. The van der Waals surface area contributed by atoms with Crippen molar-refractivity contribution in [2.75, 3.05) is 0 Å². The van der Waals surface area contributed by atoms with Gasteiger partial charge in [0.2, 0.25) is 0 Å². The Balaban J connectivity index is 3.79. The van der Waals surface area contributed by atoms with Crippen LogP contribution in [-0.2, 0) is 23.3 Å². The molecule has 21 heavy (non-hydrogen) atoms. The lowest BCUT2D eigenvalue weighted by molar-refractivity contribution is -0.149. The smallest absolute Gasteiger partial charge is 0.417 e. The van der Waals surface area contributed by atoms with Gasteiger partial charge in [0.15, 0.2) is 5.75 Å². The van der Waals surface area contributed by atoms with Crippen molar-refractivity contribution in [3.63, 3.8) is 0 Å². The molecular formula is C10H2F9O2. The van der Waals surface area contributed by atoms with Crippen LogP contribution in [0.5, 0.6) is 5.75 Å². The molecule has 0 atom stereocenters. The average molecular weight is 325 g/mol. The Morgan fingerprint density at radius 2 is 1.14 bits per heavy atom. The monoisotopic (exact) mass is 325 g/mol. The number of hydrogen-bond donors (Lipinski definition) is 0. The predicted molar refractivity (Wildman–Crippen MR) is 47.8 cm³/mol. The fourth-order valence-electron chi connectivity index (χ4n) is 1.37. The quantitative estimate of drug-likeness (QED) is 0.762. The summed E-state index contributed by atoms with van der Waals surface area (Å²) in [7, 11) is 0. The highest BCUT2D eigenvalue weighted by atomic mass is 19.4. The fraction of sp³-hybridized carbons (Fsp3) is 0.300. The summed E-state index contributed by atoms with van der Waals surface area (Å²) in [6.07, 6.45) is -16.7. The molecule has 2 nitrogen and oxygen atoms in total. The first-order valence-corrected chi connectivity index (χ1v) is 4.72. The SMILES string of the molecule is O=[C]Oc1c(C(F)(F)F)cc(C(F)(F)F)cc1C(F)(F)F. The minimum atomic E-state index is -5.60. The third kappa shape index (κ3) is 3.79. The molecule has 117 valence electrons. The van der Waals surface area contributed by atoms with Gasteiger partial charge in [0.05, 0.1) is 16.7 Å². The third-order valence-electron chi connectivity index (χ3n) is 2.17. The second-order valence-corrected chi connectivity index (χ2v) is 3.58. The zero-order valence-electron chi connectivity index (χ0n) is 9.37. The number of rotatable bonds is 2. The molecule has 0 aliphatic carbocycles. The van der Waals surface area contributed by atoms with Crippen molar-refractivity contribution in [1.29, 1.82) is 0 Å². The summed E-state index contributed by atoms with van der Waals surface area (Å²) < 4.78 is 116. The molecule has 0 aromatic heterocycles. The molecule has 0 bridgehead atoms. The average Bonchev–Trinajstić information content (AvgIpc) is 2.24. The van der Waals surface area contributed by atoms with E-state index in [9.17, 15) is 44.3 Å². The van der Waals surface area contributed by atoms with Crippen molar-refractivity contribution in [3.05, 3.63) is 28.8 Å². The normalized spacial score (nSPS) is 13.2. The van der Waals surface area contributed by atoms with Crippen LogP contribution in [0, 0.1) is 0 Å². The summed E-state index contributed by atoms with van der Waals surface area (Å²) in [5, 5.41) is 0. The van der Waals surface area contributed by atoms with Crippen LogP contribution in [0.4, 0.5) is 39.5 Å². The molecule has 1 aromatic carbocycles. The summed E-state index contributed by atoms with van der Waals surface area (Å²) in [4.78, 5) is 9.91. The van der Waals surface area contributed by atoms with E-state index in [2.05, 4.69) is 4.74 Å². The standard InChI is InChI=1S/C10H2F9O2/c11-8(12,13)4-1-5(9(14,15)16)7(21-3-20)6(2-4)10(17,18)19/h1-2H. The molecule has 0 aliphatic heterocycles. The first-order chi connectivity index (χ1) is 9.28. The van der Waals surface area contributed by atoms with Crippen molar-refractivity contribution >= 4 is 6.47 Å². The maximum Gasteiger partial charge on any atom is 0.423 e. The molecule has 0 heterocycles. The van der Waals surface area contributed by atoms with Gasteiger partial charge in [-0.1, -0.05) is 0 Å². The molecule has 0 N–H and O–H groups in total. The van der Waals surface area contributed by atoms with E-state index in [1.165, 1.54) is 0 Å². The van der Waals surface area contributed by atoms with Gasteiger partial charge < -0.3 is 4.74 Å². The second kappa shape index (κ2) is 5.11. The maximum absolute atomic E-state index is 12.6. The summed E-state index contributed by atoms with van der Waals surface area (Å²) in [5.41, 5.74) is -6.94. The van der Waals surface area contributed by atoms with Gasteiger partial charge in [0, 0.05) is 0 Å². The van der Waals surface area contributed by atoms with E-state index >= 15 is 0 Å². The second-order valence-electron chi connectivity index (χ2n) is 3.58. The fourth-order valence-corrected chi connectivity index (χ4v) is 1.37. The third-order valence-corrected chi connectivity index (χ3v) is 2.17. The van der Waals surface area contributed by atoms with Gasteiger partial charge in [-0.3, -0.25) is 0 Å². The molecule has 0 unspecified atom stereocenters. The van der Waals surface area contributed by atoms with E-state index in [1.807, 2.05) is 0 Å². The molecule has 0 fully saturated rings. The summed E-state index contributed by atoms with van der Waals surface area (Å²) in [6.45, 7) is 0.336. The Kier molecular flexibility index (Phi) is 4.17. The van der Waals surface area contributed by atoms with E-state index in [-0.39, 0.29) is 0 Å². The van der Waals surface area contributed by atoms with Gasteiger partial charge in [0.1, 0.15) is 0 Å². The zero-order valence-corrected chi connectivity index (χ0v) is 9.37. The van der Waals surface area contributed by atoms with Crippen LogP contribution in [0.1, 0.15) is 16.7 Å². The number of alkyl halides is 9. The van der Waals surface area contributed by atoms with E-state index in [4.69, 9.17) is 0 Å². The van der Waals surface area contributed by atoms with E-state index in [0.717, 1.165) is 0 Å². The van der Waals surface area contributed by atoms with Crippen molar-refractivity contribution in [2.24, 2.45) is 0 Å². The highest BCUT2D eigenvalue weighted by Crippen LogP contribution is 2.47. The first kappa shape index (κ1) is 17.1. The lowest BCUT2D eigenvalue weighted by Gasteiger charge is -2.19. The number of hydrogen-bond acceptors (Lipinski definition) is 2. The number of benzene rings is 1.